The topological polar surface area (TPSA) is 101 Å². The number of nitrogens with zero attached hydrogens (tertiary/aromatic N) is 1. The van der Waals surface area contributed by atoms with Crippen LogP contribution in [0.3, 0.4) is 0 Å². The number of methoxy groups -OCH3 is 1. The molecule has 7 nitrogen and oxygen atoms in total. The molecule has 0 saturated carbocycles. The normalized spacial score (nSPS) is 12.7. The van der Waals surface area contributed by atoms with Gasteiger partial charge >= 0.3 is 5.97 Å². The van der Waals surface area contributed by atoms with E-state index in [1.807, 2.05) is 6.07 Å². The number of hydrogen-bond donors (Lipinski definition) is 2. The lowest BCUT2D eigenvalue weighted by atomic mass is 10.1. The van der Waals surface area contributed by atoms with Crippen molar-refractivity contribution < 1.29 is 17.9 Å². The third-order valence-electron chi connectivity index (χ3n) is 2.93. The number of aromatic nitrogens is 2. The number of benzene rings is 1. The van der Waals surface area contributed by atoms with Gasteiger partial charge in [-0.1, -0.05) is 12.1 Å². The average Bonchev–Trinajstić information content (AvgIpc) is 2.99. The second kappa shape index (κ2) is 5.96. The summed E-state index contributed by atoms with van der Waals surface area (Å²) in [7, 11) is -2.71. The number of ether oxygens (including phenoxy) is 1. The molecule has 0 spiro atoms. The van der Waals surface area contributed by atoms with Crippen molar-refractivity contribution in [3.63, 3.8) is 0 Å². The Morgan fingerprint density at radius 2 is 2.14 bits per heavy atom. The number of sulfonamides is 1. The van der Waals surface area contributed by atoms with E-state index >= 15 is 0 Å². The molecule has 0 amide bonds. The zero-order valence-corrected chi connectivity index (χ0v) is 12.3. The van der Waals surface area contributed by atoms with Crippen molar-refractivity contribution in [1.82, 2.24) is 10.2 Å². The smallest absolute Gasteiger partial charge is 0.325 e. The van der Waals surface area contributed by atoms with Gasteiger partial charge in [-0.05, 0) is 25.1 Å². The zero-order valence-electron chi connectivity index (χ0n) is 11.5. The number of carbonyl (C=O) groups is 1. The van der Waals surface area contributed by atoms with Gasteiger partial charge in [-0.15, -0.1) is 0 Å². The largest absolute Gasteiger partial charge is 0.468 e. The summed E-state index contributed by atoms with van der Waals surface area (Å²) in [5.41, 5.74) is 1.90. The number of esters is 1. The summed E-state index contributed by atoms with van der Waals surface area (Å²) in [5, 5.41) is 5.34. The first kappa shape index (κ1) is 15.0. The molecule has 1 unspecified atom stereocenters. The Bertz CT molecular complexity index is 726. The van der Waals surface area contributed by atoms with Crippen molar-refractivity contribution >= 4 is 21.7 Å². The molecule has 1 aromatic carbocycles. The van der Waals surface area contributed by atoms with Crippen LogP contribution in [-0.4, -0.2) is 36.9 Å². The minimum Gasteiger partial charge on any atom is -0.468 e. The Hall–Kier alpha value is -2.35. The molecule has 0 aliphatic rings. The Kier molecular flexibility index (Phi) is 4.27. The molecule has 1 atom stereocenters. The summed E-state index contributed by atoms with van der Waals surface area (Å²) in [6.45, 7) is 1.27. The molecule has 21 heavy (non-hydrogen) atoms. The summed E-state index contributed by atoms with van der Waals surface area (Å²) in [4.78, 5) is 11.3. The molecule has 0 aliphatic carbocycles. The fraction of sp³-hybridized carbons (Fsp3) is 0.231. The number of rotatable bonds is 5. The van der Waals surface area contributed by atoms with Crippen LogP contribution in [0.2, 0.25) is 0 Å². The summed E-state index contributed by atoms with van der Waals surface area (Å²) >= 11 is 0. The molecule has 112 valence electrons. The van der Waals surface area contributed by atoms with Gasteiger partial charge in [-0.2, -0.15) is 5.10 Å². The Balaban J connectivity index is 2.24. The second-order valence-electron chi connectivity index (χ2n) is 4.36. The number of carbonyl (C=O) groups excluding carboxylic acids is 1. The van der Waals surface area contributed by atoms with Gasteiger partial charge in [0.05, 0.1) is 12.8 Å². The van der Waals surface area contributed by atoms with Crippen LogP contribution < -0.4 is 4.72 Å². The van der Waals surface area contributed by atoms with Crippen molar-refractivity contribution in [3.05, 3.63) is 36.5 Å². The van der Waals surface area contributed by atoms with Gasteiger partial charge in [-0.25, -0.2) is 8.42 Å². The molecule has 0 radical (unpaired) electrons. The molecule has 1 heterocycles. The number of anilines is 1. The van der Waals surface area contributed by atoms with Gasteiger partial charge in [0.15, 0.2) is 5.25 Å². The van der Waals surface area contributed by atoms with Crippen LogP contribution in [0.1, 0.15) is 6.92 Å². The summed E-state index contributed by atoms with van der Waals surface area (Å²) in [6, 6.07) is 8.53. The minimum atomic E-state index is -3.86. The molecule has 0 saturated heterocycles. The van der Waals surface area contributed by atoms with Gasteiger partial charge in [-0.3, -0.25) is 14.6 Å². The van der Waals surface area contributed by atoms with E-state index in [4.69, 9.17) is 0 Å². The Morgan fingerprint density at radius 1 is 1.38 bits per heavy atom. The van der Waals surface area contributed by atoms with E-state index in [0.29, 0.717) is 5.69 Å². The first-order valence-corrected chi connectivity index (χ1v) is 7.68. The number of hydrogen-bond acceptors (Lipinski definition) is 5. The maximum absolute atomic E-state index is 12.1. The van der Waals surface area contributed by atoms with E-state index < -0.39 is 21.2 Å². The number of nitrogens with one attached hydrogen (secondary N) is 2. The Morgan fingerprint density at radius 3 is 2.76 bits per heavy atom. The van der Waals surface area contributed by atoms with Crippen molar-refractivity contribution in [2.24, 2.45) is 0 Å². The highest BCUT2D eigenvalue weighted by atomic mass is 32.2. The predicted octanol–water partition coefficient (Wildman–Crippen LogP) is 1.38. The standard InChI is InChI=1S/C13H15N3O4S/c1-9(13(17)20-2)21(18,19)16-11-5-3-4-10(8-11)12-6-7-14-15-12/h3-9,16H,1-2H3,(H,14,15). The van der Waals surface area contributed by atoms with Crippen molar-refractivity contribution in [3.8, 4) is 11.3 Å². The number of H-pyrrole nitrogens is 1. The van der Waals surface area contributed by atoms with Crippen LogP contribution in [0, 0.1) is 0 Å². The maximum atomic E-state index is 12.1. The van der Waals surface area contributed by atoms with Crippen molar-refractivity contribution in [2.45, 2.75) is 12.2 Å². The zero-order chi connectivity index (χ0) is 15.5. The first-order chi connectivity index (χ1) is 9.94. The van der Waals surface area contributed by atoms with Gasteiger partial charge in [0.25, 0.3) is 0 Å². The SMILES string of the molecule is COC(=O)C(C)S(=O)(=O)Nc1cccc(-c2ccn[nH]2)c1. The summed E-state index contributed by atoms with van der Waals surface area (Å²) < 4.78 is 31.0. The first-order valence-electron chi connectivity index (χ1n) is 6.13. The van der Waals surface area contributed by atoms with Crippen LogP contribution in [-0.2, 0) is 19.6 Å². The molecular weight excluding hydrogens is 294 g/mol. The molecule has 2 aromatic rings. The summed E-state index contributed by atoms with van der Waals surface area (Å²) in [6.07, 6.45) is 1.60. The third-order valence-corrected chi connectivity index (χ3v) is 4.58. The van der Waals surface area contributed by atoms with Crippen LogP contribution in [0.5, 0.6) is 0 Å². The van der Waals surface area contributed by atoms with Gasteiger partial charge < -0.3 is 4.74 Å². The molecule has 1 aromatic heterocycles. The third kappa shape index (κ3) is 3.40. The highest BCUT2D eigenvalue weighted by Gasteiger charge is 2.28. The fourth-order valence-electron chi connectivity index (χ4n) is 1.71. The predicted molar refractivity (Wildman–Crippen MR) is 78.0 cm³/mol. The van der Waals surface area contributed by atoms with E-state index in [1.165, 1.54) is 6.92 Å². The molecular formula is C13H15N3O4S. The van der Waals surface area contributed by atoms with E-state index in [9.17, 15) is 13.2 Å². The Labute approximate surface area is 122 Å². The fourth-order valence-corrected chi connectivity index (χ4v) is 2.69. The highest BCUT2D eigenvalue weighted by Crippen LogP contribution is 2.21. The van der Waals surface area contributed by atoms with Crippen LogP contribution in [0.4, 0.5) is 5.69 Å². The highest BCUT2D eigenvalue weighted by molar-refractivity contribution is 7.94. The lowest BCUT2D eigenvalue weighted by molar-refractivity contribution is -0.139. The average molecular weight is 309 g/mol. The summed E-state index contributed by atoms with van der Waals surface area (Å²) in [5.74, 6) is -0.813. The van der Waals surface area contributed by atoms with Crippen molar-refractivity contribution in [1.29, 1.82) is 0 Å². The lowest BCUT2D eigenvalue weighted by Crippen LogP contribution is -2.33. The number of aromatic amines is 1. The maximum Gasteiger partial charge on any atom is 0.325 e. The second-order valence-corrected chi connectivity index (χ2v) is 6.36. The molecule has 8 heteroatoms. The molecule has 0 aliphatic heterocycles. The van der Waals surface area contributed by atoms with Gasteiger partial charge in [0, 0.05) is 17.4 Å². The van der Waals surface area contributed by atoms with Crippen LogP contribution in [0.25, 0.3) is 11.3 Å². The van der Waals surface area contributed by atoms with Gasteiger partial charge in [0.2, 0.25) is 10.0 Å². The van der Waals surface area contributed by atoms with E-state index in [-0.39, 0.29) is 0 Å². The molecule has 0 bridgehead atoms. The van der Waals surface area contributed by atoms with Gasteiger partial charge in [0.1, 0.15) is 0 Å². The van der Waals surface area contributed by atoms with Crippen molar-refractivity contribution in [2.75, 3.05) is 11.8 Å². The van der Waals surface area contributed by atoms with E-state index in [0.717, 1.165) is 18.4 Å². The molecule has 2 N–H and O–H groups in total. The van der Waals surface area contributed by atoms with E-state index in [2.05, 4.69) is 19.7 Å². The van der Waals surface area contributed by atoms with Crippen LogP contribution >= 0.6 is 0 Å². The lowest BCUT2D eigenvalue weighted by Gasteiger charge is -2.13. The quantitative estimate of drug-likeness (QED) is 0.813. The molecule has 0 fully saturated rings. The minimum absolute atomic E-state index is 0.359. The van der Waals surface area contributed by atoms with Crippen LogP contribution in [0.15, 0.2) is 36.5 Å². The van der Waals surface area contributed by atoms with E-state index in [1.54, 1.807) is 30.5 Å². The molecule has 2 rings (SSSR count). The monoisotopic (exact) mass is 309 g/mol.